The van der Waals surface area contributed by atoms with E-state index in [0.717, 1.165) is 187 Å². The van der Waals surface area contributed by atoms with Crippen LogP contribution >= 0.6 is 63.7 Å². The van der Waals surface area contributed by atoms with Gasteiger partial charge in [-0.05, 0) is 139 Å². The smallest absolute Gasteiger partial charge is 0.261 e. The summed E-state index contributed by atoms with van der Waals surface area (Å²) in [6, 6.07) is 22.6. The van der Waals surface area contributed by atoms with E-state index in [-0.39, 0.29) is 22.2 Å². The summed E-state index contributed by atoms with van der Waals surface area (Å²) in [4.78, 5) is 73.1. The van der Waals surface area contributed by atoms with Crippen LogP contribution in [0.1, 0.15) is 49.0 Å². The van der Waals surface area contributed by atoms with Crippen molar-refractivity contribution >= 4 is 107 Å². The molecule has 4 aliphatic heterocycles. The van der Waals surface area contributed by atoms with Crippen molar-refractivity contribution in [1.29, 1.82) is 0 Å². The summed E-state index contributed by atoms with van der Waals surface area (Å²) in [6.45, 7) is 10.5. The summed E-state index contributed by atoms with van der Waals surface area (Å²) >= 11 is 13.7. The van der Waals surface area contributed by atoms with Gasteiger partial charge in [0, 0.05) is 95.9 Å². The molecule has 0 saturated heterocycles. The van der Waals surface area contributed by atoms with Crippen LogP contribution in [-0.2, 0) is 51.9 Å². The first-order valence-electron chi connectivity index (χ1n) is 25.4. The molecule has 0 bridgehead atoms. The van der Waals surface area contributed by atoms with Gasteiger partial charge in [-0.3, -0.25) is 37.4 Å². The van der Waals surface area contributed by atoms with Crippen LogP contribution in [0.5, 0.6) is 0 Å². The highest BCUT2D eigenvalue weighted by Crippen LogP contribution is 2.21. The minimum Gasteiger partial charge on any atom is -0.316 e. The summed E-state index contributed by atoms with van der Waals surface area (Å²) in [5, 5.41) is 9.47. The average Bonchev–Trinajstić information content (AvgIpc) is 3.34. The lowest BCUT2D eigenvalue weighted by molar-refractivity contribution is 0.295. The van der Waals surface area contributed by atoms with Gasteiger partial charge in [-0.15, -0.1) is 0 Å². The number of benzene rings is 4. The molecule has 388 valence electrons. The first kappa shape index (κ1) is 54.0. The van der Waals surface area contributed by atoms with Crippen LogP contribution < -0.4 is 32.9 Å². The van der Waals surface area contributed by atoms with E-state index in [1.807, 2.05) is 91.1 Å². The van der Waals surface area contributed by atoms with Crippen molar-refractivity contribution in [2.45, 2.75) is 77.5 Å². The minimum atomic E-state index is 0.0752. The van der Waals surface area contributed by atoms with E-state index in [0.29, 0.717) is 28.1 Å². The second kappa shape index (κ2) is 24.9. The van der Waals surface area contributed by atoms with Crippen LogP contribution in [0.15, 0.2) is 110 Å². The fraction of sp³-hybridized carbons (Fsp3) is 0.407. The maximum Gasteiger partial charge on any atom is 0.261 e. The number of aromatic nitrogens is 8. The fourth-order valence-corrected chi connectivity index (χ4v) is 11.2. The van der Waals surface area contributed by atoms with E-state index in [1.165, 1.54) is 0 Å². The van der Waals surface area contributed by atoms with Gasteiger partial charge in [0.25, 0.3) is 22.2 Å². The Kier molecular flexibility index (Phi) is 18.2. The summed E-state index contributed by atoms with van der Waals surface area (Å²) in [5.74, 6) is 3.62. The molecule has 0 atom stereocenters. The molecular weight excluding hydrogens is 1200 g/mol. The molecule has 8 aromatic rings. The number of nitrogens with one attached hydrogen (secondary N) is 2. The molecule has 74 heavy (non-hydrogen) atoms. The molecule has 20 heteroatoms. The molecule has 0 spiro atoms. The highest BCUT2D eigenvalue weighted by molar-refractivity contribution is 9.11. The monoisotopic (exact) mass is 1260 g/mol. The van der Waals surface area contributed by atoms with E-state index < -0.39 is 0 Å². The molecule has 0 saturated carbocycles. The van der Waals surface area contributed by atoms with Gasteiger partial charge in [0.05, 0.1) is 43.6 Å². The van der Waals surface area contributed by atoms with Crippen LogP contribution in [0.4, 0.5) is 0 Å². The molecule has 0 fully saturated rings. The average molecular weight is 1260 g/mol. The van der Waals surface area contributed by atoms with Gasteiger partial charge >= 0.3 is 0 Å². The van der Waals surface area contributed by atoms with Crippen molar-refractivity contribution in [2.75, 3.05) is 66.5 Å². The number of hydrogen-bond acceptors (Lipinski definition) is 12. The Morgan fingerprint density at radius 3 is 1.26 bits per heavy atom. The lowest BCUT2D eigenvalue weighted by Crippen LogP contribution is -2.34. The number of nitrogens with zero attached hydrogens (tertiary/aromatic N) is 10. The molecule has 0 unspecified atom stereocenters. The van der Waals surface area contributed by atoms with E-state index in [1.54, 1.807) is 0 Å². The Bertz CT molecular complexity index is 3480. The van der Waals surface area contributed by atoms with E-state index in [9.17, 15) is 19.2 Å². The lowest BCUT2D eigenvalue weighted by Gasteiger charge is -2.22. The highest BCUT2D eigenvalue weighted by Gasteiger charge is 2.18. The topological polar surface area (TPSA) is 170 Å². The molecule has 16 nitrogen and oxygen atoms in total. The Hall–Kier alpha value is -4.80. The molecule has 4 aromatic carbocycles. The quantitative estimate of drug-likeness (QED) is 0.154. The maximum atomic E-state index is 12.5. The van der Waals surface area contributed by atoms with E-state index in [2.05, 4.69) is 118 Å². The number of fused-ring (bicyclic) bond motifs is 8. The maximum absolute atomic E-state index is 12.5. The standard InChI is InChI=1S/2C14H16BrN3O.2C13H14BrN3O/c1-17-6-2-7-18-13(5-8-17)16-12-9-10(15)3-4-11(12)14(18)19;1-17-6-2-3-13-16-12-9-10(15)4-5-11(12)14(19)18(13)8-7-17;14-9-2-3-10-11(8-9)16-12-4-6-15-5-1-7-17(12)13(10)18;14-9-3-4-10-11(8-9)16-12-2-1-5-15-6-7-17(12)13(10)18/h3-4,9H,2,5-8H2,1H3;4-5,9H,2-3,6-8H2,1H3;2-3,8,15H,1,4-7H2;3-4,8,15H,1-2,5-7H2. The van der Waals surface area contributed by atoms with Crippen LogP contribution in [0.25, 0.3) is 43.6 Å². The number of rotatable bonds is 0. The molecule has 4 aromatic heterocycles. The van der Waals surface area contributed by atoms with Gasteiger partial charge in [-0.2, -0.15) is 0 Å². The predicted octanol–water partition coefficient (Wildman–Crippen LogP) is 7.46. The Balaban J connectivity index is 0.000000121. The van der Waals surface area contributed by atoms with Gasteiger partial charge in [-0.1, -0.05) is 63.7 Å². The third-order valence-electron chi connectivity index (χ3n) is 13.8. The molecular formula is C54H60Br4N12O4. The third kappa shape index (κ3) is 12.9. The Morgan fingerprint density at radius 2 is 0.743 bits per heavy atom. The zero-order valence-electron chi connectivity index (χ0n) is 41.7. The van der Waals surface area contributed by atoms with Crippen LogP contribution in [0.3, 0.4) is 0 Å². The largest absolute Gasteiger partial charge is 0.316 e. The number of hydrogen-bond donors (Lipinski definition) is 2. The predicted molar refractivity (Wildman–Crippen MR) is 309 cm³/mol. The Labute approximate surface area is 462 Å². The van der Waals surface area contributed by atoms with Gasteiger partial charge in [0.15, 0.2) is 0 Å². The fourth-order valence-electron chi connectivity index (χ4n) is 9.81. The first-order valence-corrected chi connectivity index (χ1v) is 28.5. The summed E-state index contributed by atoms with van der Waals surface area (Å²) in [6.07, 6.45) is 7.37. The van der Waals surface area contributed by atoms with Crippen molar-refractivity contribution in [3.05, 3.63) is 155 Å². The van der Waals surface area contributed by atoms with Crippen molar-refractivity contribution in [1.82, 2.24) is 58.6 Å². The van der Waals surface area contributed by atoms with Crippen LogP contribution in [0.2, 0.25) is 0 Å². The molecule has 0 radical (unpaired) electrons. The Morgan fingerprint density at radius 1 is 0.365 bits per heavy atom. The van der Waals surface area contributed by atoms with Gasteiger partial charge in [-0.25, -0.2) is 19.9 Å². The zero-order chi connectivity index (χ0) is 51.9. The second-order valence-electron chi connectivity index (χ2n) is 19.1. The normalized spacial score (nSPS) is 16.5. The van der Waals surface area contributed by atoms with Crippen LogP contribution in [0, 0.1) is 0 Å². The summed E-state index contributed by atoms with van der Waals surface area (Å²) in [5.41, 5.74) is 3.49. The number of aryl methyl sites for hydroxylation is 2. The number of likely N-dealkylation sites (N-methyl/N-ethyl adjacent to an activating group) is 2. The van der Waals surface area contributed by atoms with Crippen molar-refractivity contribution in [3.8, 4) is 0 Å². The summed E-state index contributed by atoms with van der Waals surface area (Å²) in [7, 11) is 4.22. The van der Waals surface area contributed by atoms with Crippen molar-refractivity contribution in [3.63, 3.8) is 0 Å². The molecule has 2 N–H and O–H groups in total. The minimum absolute atomic E-state index is 0.0752. The zero-order valence-corrected chi connectivity index (χ0v) is 48.0. The highest BCUT2D eigenvalue weighted by atomic mass is 79.9. The van der Waals surface area contributed by atoms with Gasteiger partial charge in [0.2, 0.25) is 0 Å². The molecule has 0 amide bonds. The lowest BCUT2D eigenvalue weighted by atomic mass is 10.2. The number of halogens is 4. The molecule has 0 aliphatic carbocycles. The van der Waals surface area contributed by atoms with Crippen LogP contribution in [-0.4, -0.2) is 114 Å². The van der Waals surface area contributed by atoms with Gasteiger partial charge in [0.1, 0.15) is 23.3 Å². The summed E-state index contributed by atoms with van der Waals surface area (Å²) < 4.78 is 11.2. The molecule has 8 heterocycles. The SMILES string of the molecule is CN1CCCc2nc3cc(Br)ccc3c(=O)n2CC1.CN1CCCn2c(nc3cc(Br)ccc3c2=O)CC1.O=c1c2ccc(Br)cc2nc2n1CCCNCC2.O=c1c2ccc(Br)cc2nc2n1CCNCCC2. The second-order valence-corrected chi connectivity index (χ2v) is 22.8. The van der Waals surface area contributed by atoms with Crippen molar-refractivity contribution < 1.29 is 0 Å². The third-order valence-corrected chi connectivity index (χ3v) is 15.8. The van der Waals surface area contributed by atoms with E-state index >= 15 is 0 Å². The van der Waals surface area contributed by atoms with Gasteiger partial charge < -0.3 is 20.4 Å². The molecule has 12 rings (SSSR count). The van der Waals surface area contributed by atoms with Crippen molar-refractivity contribution in [2.24, 2.45) is 0 Å². The molecule has 4 aliphatic rings. The van der Waals surface area contributed by atoms with E-state index in [4.69, 9.17) is 0 Å². The first-order chi connectivity index (χ1) is 35.8.